The van der Waals surface area contributed by atoms with Crippen LogP contribution in [0.15, 0.2) is 12.1 Å². The summed E-state index contributed by atoms with van der Waals surface area (Å²) >= 11 is 0. The number of nitrogens with zero attached hydrogens (tertiary/aromatic N) is 1. The van der Waals surface area contributed by atoms with E-state index in [1.807, 2.05) is 0 Å². The summed E-state index contributed by atoms with van der Waals surface area (Å²) in [6, 6.07) is 1.08. The number of ether oxygens (including phenoxy) is 1. The van der Waals surface area contributed by atoms with Gasteiger partial charge in [0, 0.05) is 18.9 Å². The molecular formula is C10H7F2NO4. The molecule has 0 bridgehead atoms. The molecule has 0 N–H and O–H groups in total. The minimum absolute atomic E-state index is 0.0159. The highest BCUT2D eigenvalue weighted by atomic mass is 19.1. The van der Waals surface area contributed by atoms with Gasteiger partial charge in [-0.05, 0) is 0 Å². The van der Waals surface area contributed by atoms with Crippen LogP contribution in [-0.2, 0) is 4.79 Å². The fourth-order valence-electron chi connectivity index (χ4n) is 1.46. The summed E-state index contributed by atoms with van der Waals surface area (Å²) in [6.07, 6.45) is -0.173. The molecule has 2 rings (SSSR count). The zero-order valence-electron chi connectivity index (χ0n) is 8.48. The summed E-state index contributed by atoms with van der Waals surface area (Å²) in [5, 5.41) is 10.3. The molecule has 0 saturated heterocycles. The van der Waals surface area contributed by atoms with Crippen molar-refractivity contribution in [3.63, 3.8) is 0 Å². The monoisotopic (exact) mass is 243 g/mol. The van der Waals surface area contributed by atoms with E-state index in [1.165, 1.54) is 0 Å². The third kappa shape index (κ3) is 2.22. The molecule has 1 fully saturated rings. The second-order valence-corrected chi connectivity index (χ2v) is 3.68. The molecule has 0 heterocycles. The van der Waals surface area contributed by atoms with Crippen LogP contribution in [0.4, 0.5) is 14.5 Å². The highest BCUT2D eigenvalue weighted by Crippen LogP contribution is 2.29. The average Bonchev–Trinajstić information content (AvgIpc) is 2.20. The van der Waals surface area contributed by atoms with Gasteiger partial charge in [0.25, 0.3) is 0 Å². The van der Waals surface area contributed by atoms with Crippen molar-refractivity contribution in [1.29, 1.82) is 0 Å². The molecule has 17 heavy (non-hydrogen) atoms. The second kappa shape index (κ2) is 4.08. The number of hydrogen-bond donors (Lipinski definition) is 0. The van der Waals surface area contributed by atoms with E-state index in [9.17, 15) is 23.7 Å². The van der Waals surface area contributed by atoms with Gasteiger partial charge in [0.2, 0.25) is 5.82 Å². The van der Waals surface area contributed by atoms with Crippen molar-refractivity contribution >= 4 is 11.5 Å². The number of carbonyl (C=O) groups excluding carboxylic acids is 1. The first kappa shape index (κ1) is 11.4. The minimum Gasteiger partial charge on any atom is -0.486 e. The van der Waals surface area contributed by atoms with Crippen LogP contribution in [-0.4, -0.2) is 16.8 Å². The van der Waals surface area contributed by atoms with Crippen LogP contribution < -0.4 is 4.74 Å². The van der Waals surface area contributed by atoms with Crippen molar-refractivity contribution in [1.82, 2.24) is 0 Å². The van der Waals surface area contributed by atoms with E-state index in [4.69, 9.17) is 4.74 Å². The van der Waals surface area contributed by atoms with Crippen LogP contribution >= 0.6 is 0 Å². The first-order valence-corrected chi connectivity index (χ1v) is 4.79. The van der Waals surface area contributed by atoms with Gasteiger partial charge in [-0.1, -0.05) is 0 Å². The molecular weight excluding hydrogens is 236 g/mol. The van der Waals surface area contributed by atoms with Gasteiger partial charge in [-0.3, -0.25) is 14.9 Å². The number of halogens is 2. The van der Waals surface area contributed by atoms with Crippen LogP contribution in [0.2, 0.25) is 0 Å². The van der Waals surface area contributed by atoms with Crippen LogP contribution in [0.25, 0.3) is 0 Å². The number of carbonyl (C=O) groups is 1. The molecule has 7 heteroatoms. The van der Waals surface area contributed by atoms with Crippen LogP contribution in [0.1, 0.15) is 12.8 Å². The number of benzene rings is 1. The first-order valence-electron chi connectivity index (χ1n) is 4.79. The molecule has 5 nitrogen and oxygen atoms in total. The Kier molecular flexibility index (Phi) is 2.74. The molecule has 1 aliphatic rings. The van der Waals surface area contributed by atoms with Crippen LogP contribution in [0, 0.1) is 21.7 Å². The number of rotatable bonds is 3. The van der Waals surface area contributed by atoms with Gasteiger partial charge in [-0.25, -0.2) is 4.39 Å². The molecule has 0 aromatic heterocycles. The predicted molar refractivity (Wildman–Crippen MR) is 51.7 cm³/mol. The number of ketones is 1. The molecule has 1 aliphatic carbocycles. The zero-order chi connectivity index (χ0) is 12.6. The minimum atomic E-state index is -1.17. The van der Waals surface area contributed by atoms with Gasteiger partial charge in [0.1, 0.15) is 11.9 Å². The summed E-state index contributed by atoms with van der Waals surface area (Å²) in [5.74, 6) is -2.61. The summed E-state index contributed by atoms with van der Waals surface area (Å²) in [4.78, 5) is 20.0. The Balaban J connectivity index is 2.21. The predicted octanol–water partition coefficient (Wildman–Crippen LogP) is 1.98. The van der Waals surface area contributed by atoms with Gasteiger partial charge in [-0.15, -0.1) is 0 Å². The third-order valence-corrected chi connectivity index (χ3v) is 2.40. The highest BCUT2D eigenvalue weighted by Gasteiger charge is 2.30. The molecule has 1 saturated carbocycles. The molecule has 0 unspecified atom stereocenters. The Morgan fingerprint density at radius 1 is 1.29 bits per heavy atom. The van der Waals surface area contributed by atoms with Crippen molar-refractivity contribution in [2.75, 3.05) is 0 Å². The Morgan fingerprint density at radius 3 is 2.47 bits per heavy atom. The van der Waals surface area contributed by atoms with E-state index in [0.29, 0.717) is 12.1 Å². The number of Topliss-reactive ketones (excluding diaryl/α,β-unsaturated/α-hetero) is 1. The Hall–Kier alpha value is -2.05. The molecule has 90 valence electrons. The topological polar surface area (TPSA) is 69.4 Å². The average molecular weight is 243 g/mol. The lowest BCUT2D eigenvalue weighted by atomic mass is 9.94. The van der Waals surface area contributed by atoms with Gasteiger partial charge >= 0.3 is 5.69 Å². The lowest BCUT2D eigenvalue weighted by Crippen LogP contribution is -2.34. The molecule has 0 radical (unpaired) electrons. The molecule has 0 atom stereocenters. The molecule has 0 spiro atoms. The number of nitro groups is 1. The van der Waals surface area contributed by atoms with E-state index < -0.39 is 34.1 Å². The molecule has 0 amide bonds. The van der Waals surface area contributed by atoms with Gasteiger partial charge in [0.15, 0.2) is 11.6 Å². The largest absolute Gasteiger partial charge is 0.486 e. The number of nitro benzene ring substituents is 1. The lowest BCUT2D eigenvalue weighted by Gasteiger charge is -2.25. The lowest BCUT2D eigenvalue weighted by molar-refractivity contribution is -0.387. The van der Waals surface area contributed by atoms with Crippen molar-refractivity contribution in [3.8, 4) is 5.75 Å². The van der Waals surface area contributed by atoms with Crippen LogP contribution in [0.3, 0.4) is 0 Å². The van der Waals surface area contributed by atoms with Crippen molar-refractivity contribution < 1.29 is 23.2 Å². The molecule has 1 aromatic rings. The van der Waals surface area contributed by atoms with Gasteiger partial charge in [0.05, 0.1) is 11.0 Å². The molecule has 0 aliphatic heterocycles. The van der Waals surface area contributed by atoms with Gasteiger partial charge in [-0.2, -0.15) is 4.39 Å². The Bertz CT molecular complexity index is 495. The first-order chi connectivity index (χ1) is 7.97. The zero-order valence-corrected chi connectivity index (χ0v) is 8.48. The fourth-order valence-corrected chi connectivity index (χ4v) is 1.46. The van der Waals surface area contributed by atoms with Crippen molar-refractivity contribution in [2.45, 2.75) is 18.9 Å². The summed E-state index contributed by atoms with van der Waals surface area (Å²) < 4.78 is 31.5. The summed E-state index contributed by atoms with van der Waals surface area (Å²) in [7, 11) is 0. The van der Waals surface area contributed by atoms with Crippen LogP contribution in [0.5, 0.6) is 5.75 Å². The number of hydrogen-bond acceptors (Lipinski definition) is 4. The van der Waals surface area contributed by atoms with E-state index >= 15 is 0 Å². The smallest absolute Gasteiger partial charge is 0.307 e. The Labute approximate surface area is 94.1 Å². The standard InChI is InChI=1S/C10H7F2NO4/c11-7-4-10(17-6-1-5(14)2-6)8(12)3-9(7)13(15)16/h3-4,6H,1-2H2. The van der Waals surface area contributed by atoms with E-state index in [2.05, 4.69) is 0 Å². The third-order valence-electron chi connectivity index (χ3n) is 2.40. The van der Waals surface area contributed by atoms with E-state index in [-0.39, 0.29) is 18.6 Å². The van der Waals surface area contributed by atoms with E-state index in [0.717, 1.165) is 0 Å². The molecule has 1 aromatic carbocycles. The van der Waals surface area contributed by atoms with Crippen molar-refractivity contribution in [2.24, 2.45) is 0 Å². The highest BCUT2D eigenvalue weighted by molar-refractivity contribution is 5.85. The quantitative estimate of drug-likeness (QED) is 0.601. The van der Waals surface area contributed by atoms with Crippen molar-refractivity contribution in [3.05, 3.63) is 33.9 Å². The van der Waals surface area contributed by atoms with E-state index in [1.54, 1.807) is 0 Å². The maximum Gasteiger partial charge on any atom is 0.307 e. The normalized spacial score (nSPS) is 15.5. The summed E-state index contributed by atoms with van der Waals surface area (Å²) in [6.45, 7) is 0. The van der Waals surface area contributed by atoms with Gasteiger partial charge < -0.3 is 4.74 Å². The fraction of sp³-hybridized carbons (Fsp3) is 0.300. The Morgan fingerprint density at radius 2 is 1.94 bits per heavy atom. The summed E-state index contributed by atoms with van der Waals surface area (Å²) in [5.41, 5.74) is -0.945. The maximum atomic E-state index is 13.3. The SMILES string of the molecule is O=C1CC(Oc2cc(F)c([N+](=O)[O-])cc2F)C1. The second-order valence-electron chi connectivity index (χ2n) is 3.68. The maximum absolute atomic E-state index is 13.3.